The van der Waals surface area contributed by atoms with Gasteiger partial charge in [0.1, 0.15) is 41.9 Å². The van der Waals surface area contributed by atoms with Crippen LogP contribution in [0.15, 0.2) is 36.0 Å². The standard InChI is InChI=1S/C27H29F2N5O5/c1-13-31-24(30)17-5-7-34(25(17)32-13)19-9-16(21-22(19)39-27(2,3)38-21)12-37-20-10-15(23(28)29)8-14-4-6-33(26(35)36)11-18(14)20/h5,7-10,19,21-23H,4,6,11-12H2,1-3H3,(H,35,36)(H2,30,31,32)/t19-,21-,22+/m1/s1. The highest BCUT2D eigenvalue weighted by atomic mass is 19.3. The minimum Gasteiger partial charge on any atom is -0.489 e. The van der Waals surface area contributed by atoms with Gasteiger partial charge in [-0.15, -0.1) is 0 Å². The second-order valence-electron chi connectivity index (χ2n) is 10.6. The van der Waals surface area contributed by atoms with Crippen molar-refractivity contribution in [3.8, 4) is 5.75 Å². The van der Waals surface area contributed by atoms with Gasteiger partial charge >= 0.3 is 6.09 Å². The summed E-state index contributed by atoms with van der Waals surface area (Å²) in [5.41, 5.74) is 8.70. The molecule has 0 spiro atoms. The summed E-state index contributed by atoms with van der Waals surface area (Å²) < 4.78 is 48.0. The highest BCUT2D eigenvalue weighted by Gasteiger charge is 2.51. The number of benzene rings is 1. The summed E-state index contributed by atoms with van der Waals surface area (Å²) in [5.74, 6) is 0.332. The first-order valence-electron chi connectivity index (χ1n) is 12.7. The molecule has 0 bridgehead atoms. The van der Waals surface area contributed by atoms with Crippen molar-refractivity contribution in [3.63, 3.8) is 0 Å². The van der Waals surface area contributed by atoms with E-state index in [0.717, 1.165) is 11.0 Å². The molecule has 4 heterocycles. The molecular weight excluding hydrogens is 512 g/mol. The molecule has 39 heavy (non-hydrogen) atoms. The first kappa shape index (κ1) is 25.5. The summed E-state index contributed by atoms with van der Waals surface area (Å²) >= 11 is 0. The van der Waals surface area contributed by atoms with Crippen LogP contribution in [0.4, 0.5) is 19.4 Å². The summed E-state index contributed by atoms with van der Waals surface area (Å²) in [5, 5.41) is 10.2. The van der Waals surface area contributed by atoms with Crippen molar-refractivity contribution in [2.75, 3.05) is 18.9 Å². The van der Waals surface area contributed by atoms with E-state index in [-0.39, 0.29) is 43.2 Å². The Morgan fingerprint density at radius 3 is 2.85 bits per heavy atom. The lowest BCUT2D eigenvalue weighted by molar-refractivity contribution is -0.148. The van der Waals surface area contributed by atoms with Crippen LogP contribution in [-0.4, -0.2) is 61.8 Å². The zero-order chi connectivity index (χ0) is 27.6. The average Bonchev–Trinajstić information content (AvgIpc) is 3.52. The monoisotopic (exact) mass is 541 g/mol. The largest absolute Gasteiger partial charge is 0.489 e. The molecule has 3 N–H and O–H groups in total. The van der Waals surface area contributed by atoms with Crippen LogP contribution in [0.25, 0.3) is 11.0 Å². The van der Waals surface area contributed by atoms with E-state index in [9.17, 15) is 18.7 Å². The highest BCUT2D eigenvalue weighted by molar-refractivity contribution is 5.86. The van der Waals surface area contributed by atoms with Crippen LogP contribution in [0.1, 0.15) is 48.8 Å². The number of amides is 1. The average molecular weight is 542 g/mol. The Morgan fingerprint density at radius 1 is 1.31 bits per heavy atom. The maximum atomic E-state index is 13.7. The first-order valence-corrected chi connectivity index (χ1v) is 12.7. The van der Waals surface area contributed by atoms with Crippen LogP contribution in [0.5, 0.6) is 5.75 Å². The fraction of sp³-hybridized carbons (Fsp3) is 0.444. The number of nitrogen functional groups attached to an aromatic ring is 1. The molecule has 10 nitrogen and oxygen atoms in total. The fourth-order valence-corrected chi connectivity index (χ4v) is 5.75. The minimum atomic E-state index is -2.68. The van der Waals surface area contributed by atoms with Gasteiger partial charge in [-0.3, -0.25) is 0 Å². The number of halogens is 2. The molecule has 2 aliphatic heterocycles. The van der Waals surface area contributed by atoms with Gasteiger partial charge in [0, 0.05) is 23.9 Å². The first-order chi connectivity index (χ1) is 18.5. The third-order valence-electron chi connectivity index (χ3n) is 7.49. The number of anilines is 1. The molecule has 0 unspecified atom stereocenters. The van der Waals surface area contributed by atoms with Crippen molar-refractivity contribution >= 4 is 22.9 Å². The van der Waals surface area contributed by atoms with E-state index < -0.39 is 24.4 Å². The van der Waals surface area contributed by atoms with E-state index >= 15 is 0 Å². The molecule has 1 amide bonds. The van der Waals surface area contributed by atoms with E-state index in [0.29, 0.717) is 34.8 Å². The zero-order valence-electron chi connectivity index (χ0n) is 21.7. The molecule has 1 aliphatic carbocycles. The molecule has 3 aliphatic rings. The molecule has 6 rings (SSSR count). The van der Waals surface area contributed by atoms with Crippen LogP contribution in [0.3, 0.4) is 0 Å². The molecule has 1 fully saturated rings. The third kappa shape index (κ3) is 4.47. The van der Waals surface area contributed by atoms with Gasteiger partial charge in [0.15, 0.2) is 5.79 Å². The zero-order valence-corrected chi connectivity index (χ0v) is 21.7. The van der Waals surface area contributed by atoms with Crippen molar-refractivity contribution in [3.05, 3.63) is 58.6 Å². The summed E-state index contributed by atoms with van der Waals surface area (Å²) in [7, 11) is 0. The van der Waals surface area contributed by atoms with E-state index in [1.807, 2.05) is 36.8 Å². The summed E-state index contributed by atoms with van der Waals surface area (Å²) in [6.45, 7) is 5.81. The van der Waals surface area contributed by atoms with Crippen molar-refractivity contribution < 1.29 is 32.9 Å². The van der Waals surface area contributed by atoms with Crippen molar-refractivity contribution in [1.82, 2.24) is 19.4 Å². The Morgan fingerprint density at radius 2 is 2.10 bits per heavy atom. The molecule has 2 aromatic heterocycles. The molecular formula is C27H29F2N5O5. The summed E-state index contributed by atoms with van der Waals surface area (Å²) in [4.78, 5) is 21.7. The van der Waals surface area contributed by atoms with Crippen LogP contribution in [-0.2, 0) is 22.4 Å². The molecule has 12 heteroatoms. The van der Waals surface area contributed by atoms with E-state index in [1.165, 1.54) is 17.0 Å². The number of aryl methyl sites for hydroxylation is 1. The van der Waals surface area contributed by atoms with Crippen LogP contribution >= 0.6 is 0 Å². The quantitative estimate of drug-likeness (QED) is 0.456. The van der Waals surface area contributed by atoms with E-state index in [4.69, 9.17) is 19.9 Å². The number of fused-ring (bicyclic) bond motifs is 3. The van der Waals surface area contributed by atoms with Gasteiger partial charge in [0.05, 0.1) is 18.0 Å². The number of hydrogen-bond donors (Lipinski definition) is 2. The number of ether oxygens (including phenoxy) is 3. The van der Waals surface area contributed by atoms with Crippen molar-refractivity contribution in [2.24, 2.45) is 0 Å². The predicted molar refractivity (Wildman–Crippen MR) is 137 cm³/mol. The Kier molecular flexibility index (Phi) is 5.99. The van der Waals surface area contributed by atoms with Crippen molar-refractivity contribution in [2.45, 2.75) is 64.2 Å². The van der Waals surface area contributed by atoms with Crippen molar-refractivity contribution in [1.29, 1.82) is 0 Å². The van der Waals surface area contributed by atoms with Gasteiger partial charge in [-0.05, 0) is 56.5 Å². The Labute approximate surface area is 223 Å². The fourth-order valence-electron chi connectivity index (χ4n) is 5.75. The lowest BCUT2D eigenvalue weighted by atomic mass is 9.96. The number of hydrogen-bond acceptors (Lipinski definition) is 7. The third-order valence-corrected chi connectivity index (χ3v) is 7.49. The summed E-state index contributed by atoms with van der Waals surface area (Å²) in [6, 6.07) is 4.32. The number of carboxylic acid groups (broad SMARTS) is 1. The molecule has 1 saturated heterocycles. The molecule has 0 saturated carbocycles. The number of alkyl halides is 2. The van der Waals surface area contributed by atoms with Crippen LogP contribution < -0.4 is 10.5 Å². The van der Waals surface area contributed by atoms with Crippen LogP contribution in [0.2, 0.25) is 0 Å². The number of carbonyl (C=O) groups is 1. The van der Waals surface area contributed by atoms with Crippen LogP contribution in [0, 0.1) is 6.92 Å². The second kappa shape index (κ2) is 9.16. The topological polar surface area (TPSA) is 125 Å². The number of nitrogens with zero attached hydrogens (tertiary/aromatic N) is 4. The summed E-state index contributed by atoms with van der Waals surface area (Å²) in [6.07, 6.45) is -0.348. The van der Waals surface area contributed by atoms with Gasteiger partial charge in [-0.1, -0.05) is 6.08 Å². The SMILES string of the molecule is Cc1nc(N)c2ccn([C@@H]3C=C(COc4cc(C(F)F)cc5c4CN(C(=O)O)CC5)[C@H]4OC(C)(C)O[C@H]43)c2n1. The number of rotatable bonds is 5. The normalized spacial score (nSPS) is 23.7. The number of aromatic nitrogens is 3. The minimum absolute atomic E-state index is 0.0542. The van der Waals surface area contributed by atoms with Gasteiger partial charge in [0.25, 0.3) is 6.43 Å². The second-order valence-corrected chi connectivity index (χ2v) is 10.6. The Bertz CT molecular complexity index is 1500. The molecule has 3 atom stereocenters. The highest BCUT2D eigenvalue weighted by Crippen LogP contribution is 2.45. The molecule has 3 aromatic rings. The number of nitrogens with two attached hydrogens (primary N) is 1. The smallest absolute Gasteiger partial charge is 0.407 e. The Hall–Kier alpha value is -3.77. The molecule has 1 aromatic carbocycles. The maximum absolute atomic E-state index is 13.7. The van der Waals surface area contributed by atoms with Gasteiger partial charge in [0.2, 0.25) is 0 Å². The van der Waals surface area contributed by atoms with E-state index in [2.05, 4.69) is 9.97 Å². The lowest BCUT2D eigenvalue weighted by Gasteiger charge is -2.29. The maximum Gasteiger partial charge on any atom is 0.407 e. The van der Waals surface area contributed by atoms with Gasteiger partial charge < -0.3 is 34.5 Å². The van der Waals surface area contributed by atoms with Gasteiger partial charge in [-0.2, -0.15) is 0 Å². The van der Waals surface area contributed by atoms with E-state index in [1.54, 1.807) is 6.92 Å². The lowest BCUT2D eigenvalue weighted by Crippen LogP contribution is -2.35. The molecule has 206 valence electrons. The molecule has 0 radical (unpaired) electrons. The predicted octanol–water partition coefficient (Wildman–Crippen LogP) is 4.38. The van der Waals surface area contributed by atoms with Gasteiger partial charge in [-0.25, -0.2) is 23.5 Å². The Balaban J connectivity index is 1.34.